The van der Waals surface area contributed by atoms with Crippen LogP contribution in [-0.2, 0) is 0 Å². The van der Waals surface area contributed by atoms with Gasteiger partial charge in [0.1, 0.15) is 6.04 Å². The lowest BCUT2D eigenvalue weighted by molar-refractivity contribution is 0.292. The smallest absolute Gasteiger partial charge is 0.179 e. The number of hydrogen-bond donors (Lipinski definition) is 0. The van der Waals surface area contributed by atoms with Crippen LogP contribution < -0.4 is 9.47 Å². The Balaban J connectivity index is 2.41. The number of ether oxygens (including phenoxy) is 2. The molecular formula is C14H17ClN2O2. The summed E-state index contributed by atoms with van der Waals surface area (Å²) in [6.07, 6.45) is 2.26. The predicted molar refractivity (Wildman–Crippen MR) is 73.7 cm³/mol. The molecule has 4 nitrogen and oxygen atoms in total. The van der Waals surface area contributed by atoms with Gasteiger partial charge in [-0.2, -0.15) is 5.26 Å². The Morgan fingerprint density at radius 3 is 2.47 bits per heavy atom. The summed E-state index contributed by atoms with van der Waals surface area (Å²) < 4.78 is 10.5. The van der Waals surface area contributed by atoms with Gasteiger partial charge in [-0.3, -0.25) is 4.90 Å². The van der Waals surface area contributed by atoms with Crippen molar-refractivity contribution in [3.05, 3.63) is 22.7 Å². The normalized spacial score (nSPS) is 16.9. The fourth-order valence-corrected chi connectivity index (χ4v) is 2.80. The van der Waals surface area contributed by atoms with Gasteiger partial charge in [-0.05, 0) is 32.0 Å². The van der Waals surface area contributed by atoms with Gasteiger partial charge in [-0.1, -0.05) is 17.7 Å². The molecule has 0 aliphatic carbocycles. The SMILES string of the molecule is COc1ccc(C(C#N)N2CCCC2)c(Cl)c1OC. The molecule has 0 aromatic heterocycles. The molecule has 1 atom stereocenters. The molecular weight excluding hydrogens is 264 g/mol. The Bertz CT molecular complexity index is 493. The van der Waals surface area contributed by atoms with Gasteiger partial charge in [0.15, 0.2) is 11.5 Å². The first kappa shape index (κ1) is 14.0. The number of nitrogens with zero attached hydrogens (tertiary/aromatic N) is 2. The van der Waals surface area contributed by atoms with E-state index >= 15 is 0 Å². The van der Waals surface area contributed by atoms with Gasteiger partial charge in [0.25, 0.3) is 0 Å². The first-order valence-corrected chi connectivity index (χ1v) is 6.64. The molecule has 0 N–H and O–H groups in total. The van der Waals surface area contributed by atoms with Crippen LogP contribution in [0.5, 0.6) is 11.5 Å². The third kappa shape index (κ3) is 2.63. The van der Waals surface area contributed by atoms with Gasteiger partial charge in [-0.25, -0.2) is 0 Å². The van der Waals surface area contributed by atoms with E-state index in [0.717, 1.165) is 31.5 Å². The highest BCUT2D eigenvalue weighted by molar-refractivity contribution is 6.33. The number of rotatable bonds is 4. The molecule has 102 valence electrons. The summed E-state index contributed by atoms with van der Waals surface area (Å²) in [4.78, 5) is 2.15. The molecule has 1 fully saturated rings. The van der Waals surface area contributed by atoms with Gasteiger partial charge in [0.2, 0.25) is 0 Å². The van der Waals surface area contributed by atoms with Crippen LogP contribution in [0.4, 0.5) is 0 Å². The van der Waals surface area contributed by atoms with E-state index in [-0.39, 0.29) is 6.04 Å². The molecule has 1 aromatic carbocycles. The van der Waals surface area contributed by atoms with Crippen molar-refractivity contribution in [3.63, 3.8) is 0 Å². The van der Waals surface area contributed by atoms with Gasteiger partial charge >= 0.3 is 0 Å². The molecule has 1 aliphatic heterocycles. The van der Waals surface area contributed by atoms with Crippen LogP contribution in [0, 0.1) is 11.3 Å². The number of halogens is 1. The van der Waals surface area contributed by atoms with Crippen molar-refractivity contribution in [3.8, 4) is 17.6 Å². The van der Waals surface area contributed by atoms with Crippen LogP contribution >= 0.6 is 11.6 Å². The van der Waals surface area contributed by atoms with Crippen molar-refractivity contribution in [2.45, 2.75) is 18.9 Å². The molecule has 19 heavy (non-hydrogen) atoms. The van der Waals surface area contributed by atoms with Crippen LogP contribution in [0.25, 0.3) is 0 Å². The van der Waals surface area contributed by atoms with Crippen LogP contribution in [0.15, 0.2) is 12.1 Å². The van der Waals surface area contributed by atoms with Crippen molar-refractivity contribution in [2.24, 2.45) is 0 Å². The molecule has 1 heterocycles. The zero-order valence-corrected chi connectivity index (χ0v) is 11.9. The maximum Gasteiger partial charge on any atom is 0.179 e. The number of hydrogen-bond acceptors (Lipinski definition) is 4. The number of likely N-dealkylation sites (tertiary alicyclic amines) is 1. The fraction of sp³-hybridized carbons (Fsp3) is 0.500. The summed E-state index contributed by atoms with van der Waals surface area (Å²) in [5, 5.41) is 9.89. The summed E-state index contributed by atoms with van der Waals surface area (Å²) in [6, 6.07) is 5.65. The van der Waals surface area contributed by atoms with Crippen molar-refractivity contribution >= 4 is 11.6 Å². The van der Waals surface area contributed by atoms with Crippen LogP contribution in [-0.4, -0.2) is 32.2 Å². The first-order chi connectivity index (χ1) is 9.22. The van der Waals surface area contributed by atoms with E-state index in [9.17, 15) is 5.26 Å². The van der Waals surface area contributed by atoms with E-state index in [1.165, 1.54) is 0 Å². The van der Waals surface area contributed by atoms with E-state index in [1.54, 1.807) is 20.3 Å². The van der Waals surface area contributed by atoms with Crippen molar-refractivity contribution in [1.82, 2.24) is 4.90 Å². The van der Waals surface area contributed by atoms with E-state index in [2.05, 4.69) is 11.0 Å². The predicted octanol–water partition coefficient (Wildman–Crippen LogP) is 3.02. The van der Waals surface area contributed by atoms with E-state index < -0.39 is 0 Å². The third-order valence-electron chi connectivity index (χ3n) is 3.44. The zero-order chi connectivity index (χ0) is 13.8. The molecule has 1 aliphatic rings. The first-order valence-electron chi connectivity index (χ1n) is 6.27. The lowest BCUT2D eigenvalue weighted by atomic mass is 10.1. The van der Waals surface area contributed by atoms with Gasteiger partial charge in [-0.15, -0.1) is 0 Å². The average Bonchev–Trinajstić information content (AvgIpc) is 2.95. The minimum atomic E-state index is -0.324. The largest absolute Gasteiger partial charge is 0.493 e. The van der Waals surface area contributed by atoms with Crippen LogP contribution in [0.1, 0.15) is 24.4 Å². The third-order valence-corrected chi connectivity index (χ3v) is 3.83. The fourth-order valence-electron chi connectivity index (χ4n) is 2.46. The minimum Gasteiger partial charge on any atom is -0.493 e. The average molecular weight is 281 g/mol. The van der Waals surface area contributed by atoms with Crippen LogP contribution in [0.2, 0.25) is 5.02 Å². The van der Waals surface area contributed by atoms with Crippen LogP contribution in [0.3, 0.4) is 0 Å². The molecule has 0 saturated carbocycles. The monoisotopic (exact) mass is 280 g/mol. The van der Waals surface area contributed by atoms with Crippen molar-refractivity contribution in [2.75, 3.05) is 27.3 Å². The van der Waals surface area contributed by atoms with Gasteiger partial charge in [0.05, 0.1) is 25.3 Å². The molecule has 0 spiro atoms. The summed E-state index contributed by atoms with van der Waals surface area (Å²) in [5.41, 5.74) is 0.781. The van der Waals surface area contributed by atoms with Crippen molar-refractivity contribution in [1.29, 1.82) is 5.26 Å². The molecule has 1 saturated heterocycles. The summed E-state index contributed by atoms with van der Waals surface area (Å²) in [5.74, 6) is 1.07. The lowest BCUT2D eigenvalue weighted by Crippen LogP contribution is -2.24. The second-order valence-corrected chi connectivity index (χ2v) is 4.86. The maximum atomic E-state index is 9.43. The second-order valence-electron chi connectivity index (χ2n) is 4.48. The number of nitriles is 1. The highest BCUT2D eigenvalue weighted by atomic mass is 35.5. The Kier molecular flexibility index (Phi) is 4.52. The zero-order valence-electron chi connectivity index (χ0n) is 11.1. The maximum absolute atomic E-state index is 9.43. The number of methoxy groups -OCH3 is 2. The topological polar surface area (TPSA) is 45.5 Å². The van der Waals surface area contributed by atoms with Gasteiger partial charge < -0.3 is 9.47 Å². The molecule has 1 unspecified atom stereocenters. The molecule has 0 radical (unpaired) electrons. The summed E-state index contributed by atoms with van der Waals surface area (Å²) >= 11 is 6.36. The Morgan fingerprint density at radius 1 is 1.26 bits per heavy atom. The highest BCUT2D eigenvalue weighted by Gasteiger charge is 2.27. The molecule has 0 bridgehead atoms. The summed E-state index contributed by atoms with van der Waals surface area (Å²) in [6.45, 7) is 1.87. The second kappa shape index (κ2) is 6.14. The molecule has 0 amide bonds. The molecule has 5 heteroatoms. The Morgan fingerprint density at radius 2 is 1.95 bits per heavy atom. The summed E-state index contributed by atoms with van der Waals surface area (Å²) in [7, 11) is 3.11. The Hall–Kier alpha value is -1.44. The quantitative estimate of drug-likeness (QED) is 0.850. The van der Waals surface area contributed by atoms with Crippen molar-refractivity contribution < 1.29 is 9.47 Å². The molecule has 1 aromatic rings. The number of benzene rings is 1. The standard InChI is InChI=1S/C14H17ClN2O2/c1-18-12-6-5-10(13(15)14(12)19-2)11(9-16)17-7-3-4-8-17/h5-6,11H,3-4,7-8H2,1-2H3. The highest BCUT2D eigenvalue weighted by Crippen LogP contribution is 2.41. The van der Waals surface area contributed by atoms with E-state index in [4.69, 9.17) is 21.1 Å². The Labute approximate surface area is 118 Å². The van der Waals surface area contributed by atoms with E-state index in [1.807, 2.05) is 6.07 Å². The van der Waals surface area contributed by atoms with Gasteiger partial charge in [0, 0.05) is 5.56 Å². The minimum absolute atomic E-state index is 0.324. The lowest BCUT2D eigenvalue weighted by Gasteiger charge is -2.23. The van der Waals surface area contributed by atoms with E-state index in [0.29, 0.717) is 16.5 Å². The molecule has 2 rings (SSSR count).